The Labute approximate surface area is 109 Å². The number of hydrogen-bond donors (Lipinski definition) is 0. The van der Waals surface area contributed by atoms with Crippen LogP contribution in [-0.4, -0.2) is 35.5 Å². The van der Waals surface area contributed by atoms with Gasteiger partial charge in [0.1, 0.15) is 11.4 Å². The van der Waals surface area contributed by atoms with Gasteiger partial charge in [0.2, 0.25) is 0 Å². The van der Waals surface area contributed by atoms with Crippen molar-refractivity contribution in [2.75, 3.05) is 13.1 Å². The van der Waals surface area contributed by atoms with Gasteiger partial charge in [-0.25, -0.2) is 4.79 Å². The molecule has 0 spiro atoms. The van der Waals surface area contributed by atoms with Gasteiger partial charge in [-0.15, -0.1) is 0 Å². The number of carbonyl (C=O) groups excluding carboxylic acids is 2. The van der Waals surface area contributed by atoms with Crippen molar-refractivity contribution in [3.8, 4) is 0 Å². The van der Waals surface area contributed by atoms with E-state index >= 15 is 0 Å². The van der Waals surface area contributed by atoms with Crippen LogP contribution in [-0.2, 0) is 9.53 Å². The zero-order valence-corrected chi connectivity index (χ0v) is 11.8. The van der Waals surface area contributed by atoms with Crippen LogP contribution in [0, 0.1) is 0 Å². The number of hydrogen-bond acceptors (Lipinski definition) is 3. The molecule has 0 bridgehead atoms. The largest absolute Gasteiger partial charge is 0.444 e. The second kappa shape index (κ2) is 6.03. The molecule has 0 aromatic heterocycles. The van der Waals surface area contributed by atoms with Gasteiger partial charge in [0.25, 0.3) is 0 Å². The lowest BCUT2D eigenvalue weighted by atomic mass is 10.0. The lowest BCUT2D eigenvalue weighted by molar-refractivity contribution is -0.116. The van der Waals surface area contributed by atoms with Crippen molar-refractivity contribution in [3.63, 3.8) is 0 Å². The first kappa shape index (κ1) is 14.7. The van der Waals surface area contributed by atoms with Crippen LogP contribution < -0.4 is 0 Å². The maximum Gasteiger partial charge on any atom is 0.410 e. The lowest BCUT2D eigenvalue weighted by Crippen LogP contribution is -2.40. The van der Waals surface area contributed by atoms with Crippen molar-refractivity contribution in [1.82, 2.24) is 4.90 Å². The van der Waals surface area contributed by atoms with E-state index in [1.807, 2.05) is 20.8 Å². The Morgan fingerprint density at radius 1 is 1.39 bits per heavy atom. The molecular formula is C14H23NO3. The molecule has 4 heteroatoms. The highest BCUT2D eigenvalue weighted by Crippen LogP contribution is 2.17. The maximum atomic E-state index is 11.9. The number of rotatable bonds is 3. The molecule has 0 aromatic rings. The van der Waals surface area contributed by atoms with E-state index in [-0.39, 0.29) is 11.9 Å². The van der Waals surface area contributed by atoms with Gasteiger partial charge < -0.3 is 14.4 Å². The van der Waals surface area contributed by atoms with Crippen LogP contribution in [0.1, 0.15) is 47.0 Å². The highest BCUT2D eigenvalue weighted by Gasteiger charge is 2.24. The average molecular weight is 253 g/mol. The van der Waals surface area contributed by atoms with Gasteiger partial charge in [0, 0.05) is 19.5 Å². The van der Waals surface area contributed by atoms with Gasteiger partial charge in [-0.1, -0.05) is 11.6 Å². The second-order valence-corrected chi connectivity index (χ2v) is 5.75. The Morgan fingerprint density at radius 3 is 2.61 bits per heavy atom. The maximum absolute atomic E-state index is 11.9. The average Bonchev–Trinajstić information content (AvgIpc) is 2.24. The second-order valence-electron chi connectivity index (χ2n) is 5.75. The van der Waals surface area contributed by atoms with E-state index in [9.17, 15) is 9.59 Å². The fourth-order valence-corrected chi connectivity index (χ4v) is 1.81. The van der Waals surface area contributed by atoms with Crippen LogP contribution >= 0.6 is 0 Å². The summed E-state index contributed by atoms with van der Waals surface area (Å²) in [6, 6.07) is 0. The predicted octanol–water partition coefficient (Wildman–Crippen LogP) is 2.92. The third-order valence-corrected chi connectivity index (χ3v) is 2.68. The third kappa shape index (κ3) is 5.34. The molecule has 0 unspecified atom stereocenters. The van der Waals surface area contributed by atoms with Crippen LogP contribution in [0.15, 0.2) is 11.6 Å². The molecule has 4 nitrogen and oxygen atoms in total. The van der Waals surface area contributed by atoms with E-state index in [0.29, 0.717) is 19.5 Å². The van der Waals surface area contributed by atoms with Crippen LogP contribution in [0.3, 0.4) is 0 Å². The molecule has 0 aliphatic carbocycles. The van der Waals surface area contributed by atoms with Gasteiger partial charge in [-0.05, 0) is 40.5 Å². The summed E-state index contributed by atoms with van der Waals surface area (Å²) in [5.41, 5.74) is 0.694. The molecular weight excluding hydrogens is 230 g/mol. The first-order valence-electron chi connectivity index (χ1n) is 6.43. The normalized spacial score (nSPS) is 16.2. The summed E-state index contributed by atoms with van der Waals surface area (Å²) in [6.45, 7) is 8.46. The molecule has 1 aliphatic rings. The van der Waals surface area contributed by atoms with E-state index in [1.54, 1.807) is 11.8 Å². The van der Waals surface area contributed by atoms with Gasteiger partial charge in [0.15, 0.2) is 0 Å². The van der Waals surface area contributed by atoms with Crippen molar-refractivity contribution in [3.05, 3.63) is 11.6 Å². The number of ether oxygens (including phenoxy) is 1. The summed E-state index contributed by atoms with van der Waals surface area (Å²) in [7, 11) is 0. The SMILES string of the molecule is CC(=O)CCC1=CCCN(C(=O)OC(C)(C)C)C1. The van der Waals surface area contributed by atoms with E-state index in [2.05, 4.69) is 6.08 Å². The zero-order chi connectivity index (χ0) is 13.8. The van der Waals surface area contributed by atoms with E-state index in [1.165, 1.54) is 0 Å². The summed E-state index contributed by atoms with van der Waals surface area (Å²) in [4.78, 5) is 24.6. The molecule has 0 saturated heterocycles. The van der Waals surface area contributed by atoms with Crippen molar-refractivity contribution < 1.29 is 14.3 Å². The van der Waals surface area contributed by atoms with E-state index < -0.39 is 5.60 Å². The number of amides is 1. The van der Waals surface area contributed by atoms with Crippen LogP contribution in [0.4, 0.5) is 4.79 Å². The van der Waals surface area contributed by atoms with Crippen LogP contribution in [0.5, 0.6) is 0 Å². The molecule has 0 aromatic carbocycles. The third-order valence-electron chi connectivity index (χ3n) is 2.68. The van der Waals surface area contributed by atoms with Gasteiger partial charge in [0.05, 0.1) is 0 Å². The molecule has 18 heavy (non-hydrogen) atoms. The van der Waals surface area contributed by atoms with Crippen molar-refractivity contribution in [2.45, 2.75) is 52.6 Å². The number of Topliss-reactive ketones (excluding diaryl/α,β-unsaturated/α-hetero) is 1. The minimum atomic E-state index is -0.461. The molecule has 0 atom stereocenters. The first-order valence-corrected chi connectivity index (χ1v) is 6.43. The van der Waals surface area contributed by atoms with Gasteiger partial charge in [-0.2, -0.15) is 0 Å². The Bertz CT molecular complexity index is 353. The number of nitrogens with zero attached hydrogens (tertiary/aromatic N) is 1. The van der Waals surface area contributed by atoms with E-state index in [4.69, 9.17) is 4.74 Å². The summed E-state index contributed by atoms with van der Waals surface area (Å²) in [5.74, 6) is 0.185. The van der Waals surface area contributed by atoms with Crippen molar-refractivity contribution >= 4 is 11.9 Å². The van der Waals surface area contributed by atoms with E-state index in [0.717, 1.165) is 18.4 Å². The van der Waals surface area contributed by atoms with Gasteiger partial charge in [-0.3, -0.25) is 0 Å². The highest BCUT2D eigenvalue weighted by atomic mass is 16.6. The van der Waals surface area contributed by atoms with Crippen molar-refractivity contribution in [1.29, 1.82) is 0 Å². The van der Waals surface area contributed by atoms with Gasteiger partial charge >= 0.3 is 6.09 Å². The Hall–Kier alpha value is -1.32. The molecule has 1 heterocycles. The molecule has 0 fully saturated rings. The van der Waals surface area contributed by atoms with Crippen LogP contribution in [0.2, 0.25) is 0 Å². The Balaban J connectivity index is 2.49. The molecule has 0 N–H and O–H groups in total. The topological polar surface area (TPSA) is 46.6 Å². The molecule has 0 saturated carbocycles. The fraction of sp³-hybridized carbons (Fsp3) is 0.714. The summed E-state index contributed by atoms with van der Waals surface area (Å²) in [5, 5.41) is 0. The molecule has 1 aliphatic heterocycles. The summed E-state index contributed by atoms with van der Waals surface area (Å²) < 4.78 is 5.34. The minimum absolute atomic E-state index is 0.185. The summed E-state index contributed by atoms with van der Waals surface area (Å²) in [6.07, 6.45) is 4.00. The van der Waals surface area contributed by atoms with Crippen LogP contribution in [0.25, 0.3) is 0 Å². The molecule has 1 amide bonds. The number of carbonyl (C=O) groups is 2. The fourth-order valence-electron chi connectivity index (χ4n) is 1.81. The van der Waals surface area contributed by atoms with Crippen molar-refractivity contribution in [2.24, 2.45) is 0 Å². The molecule has 1 rings (SSSR count). The lowest BCUT2D eigenvalue weighted by Gasteiger charge is -2.30. The predicted molar refractivity (Wildman–Crippen MR) is 70.4 cm³/mol. The quantitative estimate of drug-likeness (QED) is 0.726. The Morgan fingerprint density at radius 2 is 2.06 bits per heavy atom. The zero-order valence-electron chi connectivity index (χ0n) is 11.8. The molecule has 102 valence electrons. The first-order chi connectivity index (χ1) is 8.28. The standard InChI is InChI=1S/C14H23NO3/c1-11(16)7-8-12-6-5-9-15(10-12)13(17)18-14(2,3)4/h6H,5,7-10H2,1-4H3. The minimum Gasteiger partial charge on any atom is -0.444 e. The highest BCUT2D eigenvalue weighted by molar-refractivity contribution is 5.75. The Kier molecular flexibility index (Phi) is 4.93. The monoisotopic (exact) mass is 253 g/mol. The number of ketones is 1. The molecule has 0 radical (unpaired) electrons. The summed E-state index contributed by atoms with van der Waals surface area (Å²) >= 11 is 0. The smallest absolute Gasteiger partial charge is 0.410 e.